The summed E-state index contributed by atoms with van der Waals surface area (Å²) in [6.07, 6.45) is -3.67. The second kappa shape index (κ2) is 10.2. The van der Waals surface area contributed by atoms with Gasteiger partial charge >= 0.3 is 6.18 Å². The molecule has 8 nitrogen and oxygen atoms in total. The zero-order valence-electron chi connectivity index (χ0n) is 18.6. The van der Waals surface area contributed by atoms with Crippen LogP contribution in [0, 0.1) is 24.0 Å². The van der Waals surface area contributed by atoms with Crippen molar-refractivity contribution in [3.8, 4) is 5.69 Å². The summed E-state index contributed by atoms with van der Waals surface area (Å²) in [5.74, 6) is 0.409. The van der Waals surface area contributed by atoms with Gasteiger partial charge in [-0.15, -0.1) is 10.2 Å². The van der Waals surface area contributed by atoms with Crippen LogP contribution in [0.25, 0.3) is 5.69 Å². The highest BCUT2D eigenvalue weighted by Crippen LogP contribution is 2.39. The monoisotopic (exact) mass is 493 g/mol. The van der Waals surface area contributed by atoms with E-state index in [0.29, 0.717) is 31.3 Å². The number of nitrogens with one attached hydrogen (secondary N) is 1. The van der Waals surface area contributed by atoms with E-state index in [-0.39, 0.29) is 16.0 Å². The first kappa shape index (κ1) is 25.2. The van der Waals surface area contributed by atoms with Gasteiger partial charge in [0, 0.05) is 31.6 Å². The van der Waals surface area contributed by atoms with E-state index in [0.717, 1.165) is 40.7 Å². The van der Waals surface area contributed by atoms with Crippen molar-refractivity contribution in [2.75, 3.05) is 6.54 Å². The maximum Gasteiger partial charge on any atom is 0.416 e. The summed E-state index contributed by atoms with van der Waals surface area (Å²) in [5.41, 5.74) is 1.03. The number of nitro groups is 1. The number of nitrogens with zero attached hydrogens (tertiary/aromatic N) is 4. The second-order valence-corrected chi connectivity index (χ2v) is 8.64. The number of halogens is 3. The molecule has 1 N–H and O–H groups in total. The minimum absolute atomic E-state index is 0.0141. The van der Waals surface area contributed by atoms with Crippen LogP contribution in [0.5, 0.6) is 0 Å². The van der Waals surface area contributed by atoms with Crippen LogP contribution in [0.15, 0.2) is 46.5 Å². The third-order valence-electron chi connectivity index (χ3n) is 5.08. The molecule has 3 rings (SSSR count). The summed E-state index contributed by atoms with van der Waals surface area (Å²) in [7, 11) is 0. The van der Waals surface area contributed by atoms with Crippen molar-refractivity contribution in [1.82, 2.24) is 20.1 Å². The van der Waals surface area contributed by atoms with Crippen LogP contribution in [0.4, 0.5) is 18.9 Å². The Morgan fingerprint density at radius 1 is 1.15 bits per heavy atom. The van der Waals surface area contributed by atoms with E-state index >= 15 is 0 Å². The third-order valence-corrected chi connectivity index (χ3v) is 6.10. The summed E-state index contributed by atoms with van der Waals surface area (Å²) in [6.45, 7) is 5.75. The van der Waals surface area contributed by atoms with Gasteiger partial charge in [-0.3, -0.25) is 19.5 Å². The standard InChI is InChI=1S/C22H22F3N5O3S/c1-13-6-8-17(11-14(13)2)29-20(5-4-10-26-15(3)31)27-28-21(29)34-19-9-7-16(22(23,24)25)12-18(19)30(32)33/h6-9,11-12H,4-5,10H2,1-3H3,(H,26,31). The van der Waals surface area contributed by atoms with Crippen LogP contribution in [0.2, 0.25) is 0 Å². The Balaban J connectivity index is 2.02. The Morgan fingerprint density at radius 3 is 2.50 bits per heavy atom. The summed E-state index contributed by atoms with van der Waals surface area (Å²) >= 11 is 0.869. The molecule has 0 spiro atoms. The number of benzene rings is 2. The highest BCUT2D eigenvalue weighted by molar-refractivity contribution is 7.99. The molecule has 34 heavy (non-hydrogen) atoms. The first-order valence-corrected chi connectivity index (χ1v) is 11.1. The topological polar surface area (TPSA) is 103 Å². The fourth-order valence-electron chi connectivity index (χ4n) is 3.18. The SMILES string of the molecule is CC(=O)NCCCc1nnc(Sc2ccc(C(F)(F)F)cc2[N+](=O)[O-])n1-c1ccc(C)c(C)c1. The molecule has 12 heteroatoms. The summed E-state index contributed by atoms with van der Waals surface area (Å²) < 4.78 is 40.9. The van der Waals surface area contributed by atoms with Gasteiger partial charge in [0.05, 0.1) is 15.4 Å². The molecule has 1 aromatic heterocycles. The van der Waals surface area contributed by atoms with Gasteiger partial charge in [-0.05, 0) is 67.4 Å². The number of carbonyl (C=O) groups excluding carboxylic acids is 1. The van der Waals surface area contributed by atoms with Crippen LogP contribution in [0.3, 0.4) is 0 Å². The number of amides is 1. The third kappa shape index (κ3) is 5.93. The van der Waals surface area contributed by atoms with Crippen LogP contribution in [-0.4, -0.2) is 32.1 Å². The van der Waals surface area contributed by atoms with E-state index in [4.69, 9.17) is 0 Å². The van der Waals surface area contributed by atoms with Crippen molar-refractivity contribution in [2.24, 2.45) is 0 Å². The molecule has 1 heterocycles. The molecule has 0 fully saturated rings. The Kier molecular flexibility index (Phi) is 7.60. The lowest BCUT2D eigenvalue weighted by atomic mass is 10.1. The van der Waals surface area contributed by atoms with E-state index in [1.54, 1.807) is 4.57 Å². The van der Waals surface area contributed by atoms with Crippen LogP contribution in [-0.2, 0) is 17.4 Å². The molecule has 0 aliphatic carbocycles. The van der Waals surface area contributed by atoms with Crippen LogP contribution >= 0.6 is 11.8 Å². The maximum absolute atomic E-state index is 13.1. The molecule has 0 atom stereocenters. The Labute approximate surface area is 197 Å². The zero-order valence-corrected chi connectivity index (χ0v) is 19.5. The van der Waals surface area contributed by atoms with Gasteiger partial charge in [0.15, 0.2) is 0 Å². The zero-order chi connectivity index (χ0) is 25.0. The van der Waals surface area contributed by atoms with Crippen LogP contribution in [0.1, 0.15) is 35.9 Å². The average molecular weight is 494 g/mol. The van der Waals surface area contributed by atoms with Crippen molar-refractivity contribution < 1.29 is 22.9 Å². The van der Waals surface area contributed by atoms with Gasteiger partial charge in [-0.1, -0.05) is 6.07 Å². The molecule has 0 aliphatic rings. The normalized spacial score (nSPS) is 11.5. The number of hydrogen-bond acceptors (Lipinski definition) is 6. The van der Waals surface area contributed by atoms with E-state index < -0.39 is 22.4 Å². The summed E-state index contributed by atoms with van der Waals surface area (Å²) in [4.78, 5) is 21.8. The molecule has 2 aromatic carbocycles. The molecule has 0 unspecified atom stereocenters. The van der Waals surface area contributed by atoms with Crippen molar-refractivity contribution in [2.45, 2.75) is 49.8 Å². The number of rotatable bonds is 8. The highest BCUT2D eigenvalue weighted by Gasteiger charge is 2.33. The van der Waals surface area contributed by atoms with E-state index in [1.165, 1.54) is 6.92 Å². The number of carbonyl (C=O) groups is 1. The minimum atomic E-state index is -4.70. The molecule has 0 saturated heterocycles. The van der Waals surface area contributed by atoms with Crippen LogP contribution < -0.4 is 5.32 Å². The van der Waals surface area contributed by atoms with Crippen molar-refractivity contribution >= 4 is 23.4 Å². The lowest BCUT2D eigenvalue weighted by Crippen LogP contribution is -2.21. The van der Waals surface area contributed by atoms with Gasteiger partial charge in [0.2, 0.25) is 11.1 Å². The van der Waals surface area contributed by atoms with Gasteiger partial charge < -0.3 is 5.32 Å². The Hall–Kier alpha value is -3.41. The highest BCUT2D eigenvalue weighted by atomic mass is 32.2. The predicted molar refractivity (Wildman–Crippen MR) is 120 cm³/mol. The summed E-state index contributed by atoms with van der Waals surface area (Å²) in [6, 6.07) is 8.09. The van der Waals surface area contributed by atoms with Crippen molar-refractivity contribution in [3.05, 3.63) is 69.0 Å². The fourth-order valence-corrected chi connectivity index (χ4v) is 4.14. The summed E-state index contributed by atoms with van der Waals surface area (Å²) in [5, 5.41) is 22.9. The number of aryl methyl sites for hydroxylation is 3. The predicted octanol–water partition coefficient (Wildman–Crippen LogP) is 5.03. The van der Waals surface area contributed by atoms with Gasteiger partial charge in [-0.2, -0.15) is 13.2 Å². The lowest BCUT2D eigenvalue weighted by Gasteiger charge is -2.13. The number of hydrogen-bond donors (Lipinski definition) is 1. The molecule has 3 aromatic rings. The first-order chi connectivity index (χ1) is 16.0. The van der Waals surface area contributed by atoms with Gasteiger partial charge in [0.1, 0.15) is 5.82 Å². The number of alkyl halides is 3. The van der Waals surface area contributed by atoms with E-state index in [2.05, 4.69) is 15.5 Å². The molecule has 1 amide bonds. The quantitative estimate of drug-likeness (QED) is 0.268. The molecule has 0 aliphatic heterocycles. The van der Waals surface area contributed by atoms with Crippen molar-refractivity contribution in [3.63, 3.8) is 0 Å². The molecule has 0 bridgehead atoms. The maximum atomic E-state index is 13.1. The molecule has 0 radical (unpaired) electrons. The Bertz CT molecular complexity index is 1230. The molecular weight excluding hydrogens is 471 g/mol. The number of aromatic nitrogens is 3. The smallest absolute Gasteiger partial charge is 0.356 e. The first-order valence-electron chi connectivity index (χ1n) is 10.3. The Morgan fingerprint density at radius 2 is 1.88 bits per heavy atom. The lowest BCUT2D eigenvalue weighted by molar-refractivity contribution is -0.388. The minimum Gasteiger partial charge on any atom is -0.356 e. The second-order valence-electron chi connectivity index (χ2n) is 7.63. The van der Waals surface area contributed by atoms with Gasteiger partial charge in [0.25, 0.3) is 5.69 Å². The number of nitro benzene ring substituents is 1. The largest absolute Gasteiger partial charge is 0.416 e. The van der Waals surface area contributed by atoms with E-state index in [9.17, 15) is 28.1 Å². The van der Waals surface area contributed by atoms with E-state index in [1.807, 2.05) is 32.0 Å². The van der Waals surface area contributed by atoms with Gasteiger partial charge in [-0.25, -0.2) is 0 Å². The molecule has 180 valence electrons. The molecule has 0 saturated carbocycles. The fraction of sp³-hybridized carbons (Fsp3) is 0.318. The van der Waals surface area contributed by atoms with Crippen molar-refractivity contribution in [1.29, 1.82) is 0 Å². The average Bonchev–Trinajstić information content (AvgIpc) is 3.14. The molecular formula is C22H22F3N5O3S.